The molecular formula is C25H28N4OS. The highest BCUT2D eigenvalue weighted by Crippen LogP contribution is 2.28. The van der Waals surface area contributed by atoms with Gasteiger partial charge in [-0.15, -0.1) is 11.8 Å². The summed E-state index contributed by atoms with van der Waals surface area (Å²) in [4.78, 5) is 13.6. The minimum atomic E-state index is -0.380. The molecule has 5 rings (SSSR count). The van der Waals surface area contributed by atoms with E-state index in [2.05, 4.69) is 74.4 Å². The zero-order valence-electron chi connectivity index (χ0n) is 17.6. The van der Waals surface area contributed by atoms with Gasteiger partial charge in [-0.2, -0.15) is 0 Å². The Morgan fingerprint density at radius 2 is 1.77 bits per heavy atom. The predicted octanol–water partition coefficient (Wildman–Crippen LogP) is 3.77. The lowest BCUT2D eigenvalue weighted by Gasteiger charge is -2.43. The number of rotatable bonds is 5. The predicted molar refractivity (Wildman–Crippen MR) is 125 cm³/mol. The molecule has 2 aliphatic rings. The van der Waals surface area contributed by atoms with Gasteiger partial charge in [-0.25, -0.2) is 9.97 Å². The maximum Gasteiger partial charge on any atom is 0.133 e. The van der Waals surface area contributed by atoms with Crippen LogP contribution in [0.3, 0.4) is 0 Å². The van der Waals surface area contributed by atoms with E-state index in [-0.39, 0.29) is 12.1 Å². The summed E-state index contributed by atoms with van der Waals surface area (Å²) in [6.07, 6.45) is 3.27. The first-order valence-electron chi connectivity index (χ1n) is 11.0. The fourth-order valence-electron chi connectivity index (χ4n) is 4.67. The maximum absolute atomic E-state index is 11.0. The molecule has 0 aliphatic carbocycles. The first-order chi connectivity index (χ1) is 15.3. The molecule has 1 N–H and O–H groups in total. The summed E-state index contributed by atoms with van der Waals surface area (Å²) in [7, 11) is 0. The average Bonchev–Trinajstić information content (AvgIpc) is 2.83. The summed E-state index contributed by atoms with van der Waals surface area (Å²) in [6, 6.07) is 21.4. The molecule has 0 unspecified atom stereocenters. The summed E-state index contributed by atoms with van der Waals surface area (Å²) < 4.78 is 0. The third kappa shape index (κ3) is 4.76. The molecule has 2 aromatic carbocycles. The molecule has 0 bridgehead atoms. The van der Waals surface area contributed by atoms with Crippen LogP contribution < -0.4 is 4.90 Å². The number of anilines is 1. The number of hydrogen-bond donors (Lipinski definition) is 1. The van der Waals surface area contributed by atoms with Crippen molar-refractivity contribution in [1.82, 2.24) is 14.9 Å². The largest absolute Gasteiger partial charge is 0.390 e. The normalized spacial score (nSPS) is 21.6. The molecule has 31 heavy (non-hydrogen) atoms. The topological polar surface area (TPSA) is 52.5 Å². The number of aliphatic hydroxyl groups is 1. The number of aliphatic hydroxyl groups excluding tert-OH is 1. The van der Waals surface area contributed by atoms with Crippen LogP contribution in [0, 0.1) is 0 Å². The van der Waals surface area contributed by atoms with Gasteiger partial charge in [0.1, 0.15) is 17.2 Å². The molecular weight excluding hydrogens is 404 g/mol. The lowest BCUT2D eigenvalue weighted by atomic mass is 9.94. The van der Waals surface area contributed by atoms with Gasteiger partial charge >= 0.3 is 0 Å². The molecule has 0 radical (unpaired) electrons. The second-order valence-electron chi connectivity index (χ2n) is 8.35. The van der Waals surface area contributed by atoms with Crippen molar-refractivity contribution in [3.05, 3.63) is 83.7 Å². The first-order valence-corrected chi connectivity index (χ1v) is 12.0. The van der Waals surface area contributed by atoms with E-state index < -0.39 is 0 Å². The van der Waals surface area contributed by atoms with Crippen LogP contribution in [0.1, 0.15) is 23.1 Å². The number of aromatic nitrogens is 2. The van der Waals surface area contributed by atoms with Crippen molar-refractivity contribution in [2.75, 3.05) is 24.5 Å². The molecule has 3 heterocycles. The monoisotopic (exact) mass is 432 g/mol. The second kappa shape index (κ2) is 9.39. The van der Waals surface area contributed by atoms with Gasteiger partial charge in [-0.1, -0.05) is 54.6 Å². The minimum absolute atomic E-state index is 0.207. The molecule has 2 atom stereocenters. The Labute approximate surface area is 188 Å². The van der Waals surface area contributed by atoms with Crippen LogP contribution in [0.5, 0.6) is 0 Å². The highest BCUT2D eigenvalue weighted by molar-refractivity contribution is 7.98. The number of benzene rings is 2. The molecule has 1 fully saturated rings. The van der Waals surface area contributed by atoms with Crippen molar-refractivity contribution < 1.29 is 5.11 Å². The number of hydrogen-bond acceptors (Lipinski definition) is 6. The third-order valence-corrected chi connectivity index (χ3v) is 7.35. The van der Waals surface area contributed by atoms with Gasteiger partial charge < -0.3 is 10.0 Å². The van der Waals surface area contributed by atoms with Gasteiger partial charge in [0, 0.05) is 44.0 Å². The molecule has 5 nitrogen and oxygen atoms in total. The minimum Gasteiger partial charge on any atom is -0.390 e. The number of β-amino-alcohol motifs (C(OH)–C–C–N with tert-alkyl or cyclic N) is 1. The molecule has 6 heteroatoms. The average molecular weight is 433 g/mol. The number of fused-ring (bicyclic) bond motifs is 1. The maximum atomic E-state index is 11.0. The van der Waals surface area contributed by atoms with Crippen LogP contribution in [0.4, 0.5) is 5.82 Å². The van der Waals surface area contributed by atoms with Crippen LogP contribution in [-0.2, 0) is 18.7 Å². The van der Waals surface area contributed by atoms with Crippen LogP contribution in [0.25, 0.3) is 0 Å². The second-order valence-corrected chi connectivity index (χ2v) is 9.34. The Kier molecular flexibility index (Phi) is 6.20. The van der Waals surface area contributed by atoms with E-state index in [0.29, 0.717) is 6.54 Å². The van der Waals surface area contributed by atoms with Crippen LogP contribution in [-0.4, -0.2) is 51.8 Å². The number of thioether (sulfide) groups is 1. The summed E-state index contributed by atoms with van der Waals surface area (Å²) in [6.45, 7) is 3.47. The molecule has 0 saturated carbocycles. The van der Waals surface area contributed by atoms with Gasteiger partial charge in [0.2, 0.25) is 0 Å². The van der Waals surface area contributed by atoms with E-state index in [4.69, 9.17) is 0 Å². The van der Waals surface area contributed by atoms with Gasteiger partial charge in [0.05, 0.1) is 6.10 Å². The molecule has 1 aromatic heterocycles. The fourth-order valence-corrected chi connectivity index (χ4v) is 5.48. The van der Waals surface area contributed by atoms with Crippen molar-refractivity contribution in [3.63, 3.8) is 0 Å². The number of piperidine rings is 1. The quantitative estimate of drug-likeness (QED) is 0.489. The Hall–Kier alpha value is -2.41. The summed E-state index contributed by atoms with van der Waals surface area (Å²) in [5.41, 5.74) is 4.14. The SMILES string of the molecule is O[C@@H]1CN(c2cc(SCc3ccccc3)ncn2)CC[C@H]1N1CCc2ccccc2C1. The Morgan fingerprint density at radius 1 is 0.968 bits per heavy atom. The zero-order valence-corrected chi connectivity index (χ0v) is 18.4. The van der Waals surface area contributed by atoms with Gasteiger partial charge in [-0.05, 0) is 29.5 Å². The standard InChI is InChI=1S/C25H28N4OS/c30-23-16-29(13-11-22(23)28-12-10-20-8-4-5-9-21(20)15-28)24-14-25(27-18-26-24)31-17-19-6-2-1-3-7-19/h1-9,14,18,22-23,30H,10-13,15-17H2/t22-,23-/m1/s1. The van der Waals surface area contributed by atoms with E-state index in [1.165, 1.54) is 16.7 Å². The molecule has 0 spiro atoms. The first kappa shape index (κ1) is 20.5. The fraction of sp³-hybridized carbons (Fsp3) is 0.360. The van der Waals surface area contributed by atoms with E-state index in [1.807, 2.05) is 6.07 Å². The van der Waals surface area contributed by atoms with E-state index in [1.54, 1.807) is 18.1 Å². The highest BCUT2D eigenvalue weighted by Gasteiger charge is 2.34. The van der Waals surface area contributed by atoms with Crippen LogP contribution in [0.15, 0.2) is 72.0 Å². The lowest BCUT2D eigenvalue weighted by Crippen LogP contribution is -2.55. The van der Waals surface area contributed by atoms with Crippen LogP contribution >= 0.6 is 11.8 Å². The number of nitrogens with zero attached hydrogens (tertiary/aromatic N) is 4. The Bertz CT molecular complexity index is 1020. The molecule has 2 aliphatic heterocycles. The van der Waals surface area contributed by atoms with Gasteiger partial charge in [0.15, 0.2) is 0 Å². The zero-order chi connectivity index (χ0) is 21.0. The van der Waals surface area contributed by atoms with Crippen molar-refractivity contribution in [3.8, 4) is 0 Å². The summed E-state index contributed by atoms with van der Waals surface area (Å²) in [5, 5.41) is 12.0. The van der Waals surface area contributed by atoms with Gasteiger partial charge in [0.25, 0.3) is 0 Å². The van der Waals surface area contributed by atoms with Crippen LogP contribution in [0.2, 0.25) is 0 Å². The summed E-state index contributed by atoms with van der Waals surface area (Å²) >= 11 is 1.72. The third-order valence-electron chi connectivity index (χ3n) is 6.36. The Morgan fingerprint density at radius 3 is 2.61 bits per heavy atom. The lowest BCUT2D eigenvalue weighted by molar-refractivity contribution is 0.0293. The van der Waals surface area contributed by atoms with E-state index >= 15 is 0 Å². The summed E-state index contributed by atoms with van der Waals surface area (Å²) in [5.74, 6) is 1.80. The van der Waals surface area contributed by atoms with Crippen molar-refractivity contribution >= 4 is 17.6 Å². The smallest absolute Gasteiger partial charge is 0.133 e. The van der Waals surface area contributed by atoms with E-state index in [0.717, 1.165) is 49.1 Å². The van der Waals surface area contributed by atoms with Crippen molar-refractivity contribution in [2.45, 2.75) is 42.3 Å². The van der Waals surface area contributed by atoms with Gasteiger partial charge in [-0.3, -0.25) is 4.90 Å². The van der Waals surface area contributed by atoms with E-state index in [9.17, 15) is 5.11 Å². The molecule has 160 valence electrons. The highest BCUT2D eigenvalue weighted by atomic mass is 32.2. The molecule has 1 saturated heterocycles. The molecule has 3 aromatic rings. The molecule has 0 amide bonds. The van der Waals surface area contributed by atoms with Crippen molar-refractivity contribution in [2.24, 2.45) is 0 Å². The van der Waals surface area contributed by atoms with Crippen molar-refractivity contribution in [1.29, 1.82) is 0 Å². The Balaban J connectivity index is 1.21.